The Morgan fingerprint density at radius 1 is 1.03 bits per heavy atom. The van der Waals surface area contributed by atoms with Crippen molar-refractivity contribution < 1.29 is 13.9 Å². The lowest BCUT2D eigenvalue weighted by Gasteiger charge is -2.34. The zero-order valence-electron chi connectivity index (χ0n) is 16.6. The molecule has 0 saturated carbocycles. The molecule has 0 spiro atoms. The number of morpholine rings is 1. The first-order valence-corrected chi connectivity index (χ1v) is 10.1. The number of ether oxygens (including phenoxy) is 1. The zero-order valence-corrected chi connectivity index (χ0v) is 16.6. The minimum atomic E-state index is -0.281. The van der Waals surface area contributed by atoms with Gasteiger partial charge in [0.25, 0.3) is 5.91 Å². The summed E-state index contributed by atoms with van der Waals surface area (Å²) >= 11 is 0. The van der Waals surface area contributed by atoms with E-state index < -0.39 is 0 Å². The zero-order chi connectivity index (χ0) is 20.8. The fourth-order valence-corrected chi connectivity index (χ4v) is 3.66. The van der Waals surface area contributed by atoms with E-state index in [1.54, 1.807) is 24.4 Å². The number of nitrogens with one attached hydrogen (secondary N) is 1. The van der Waals surface area contributed by atoms with Gasteiger partial charge in [-0.05, 0) is 47.5 Å². The fraction of sp³-hybridized carbons (Fsp3) is 0.250. The van der Waals surface area contributed by atoms with Gasteiger partial charge in [0.05, 0.1) is 24.9 Å². The first-order chi connectivity index (χ1) is 14.7. The van der Waals surface area contributed by atoms with Crippen molar-refractivity contribution in [3.05, 3.63) is 90.0 Å². The second kappa shape index (κ2) is 9.61. The molecule has 0 unspecified atom stereocenters. The first kappa shape index (κ1) is 20.2. The number of carbonyl (C=O) groups is 1. The first-order valence-electron chi connectivity index (χ1n) is 10.1. The molecule has 6 heteroatoms. The number of carbonyl (C=O) groups excluding carboxylic acids is 1. The topological polar surface area (TPSA) is 54.5 Å². The van der Waals surface area contributed by atoms with Crippen LogP contribution < -0.4 is 5.32 Å². The van der Waals surface area contributed by atoms with Gasteiger partial charge in [0, 0.05) is 31.4 Å². The van der Waals surface area contributed by atoms with Crippen molar-refractivity contribution in [1.29, 1.82) is 0 Å². The number of nitrogens with zero attached hydrogens (tertiary/aromatic N) is 2. The number of pyridine rings is 1. The van der Waals surface area contributed by atoms with Gasteiger partial charge in [-0.15, -0.1) is 0 Å². The van der Waals surface area contributed by atoms with Crippen molar-refractivity contribution in [3.8, 4) is 11.1 Å². The Hall–Kier alpha value is -3.09. The Kier molecular flexibility index (Phi) is 6.47. The van der Waals surface area contributed by atoms with Gasteiger partial charge in [-0.1, -0.05) is 30.3 Å². The van der Waals surface area contributed by atoms with Gasteiger partial charge in [0.2, 0.25) is 0 Å². The summed E-state index contributed by atoms with van der Waals surface area (Å²) in [7, 11) is 0. The van der Waals surface area contributed by atoms with Crippen LogP contribution in [0.25, 0.3) is 11.1 Å². The van der Waals surface area contributed by atoms with E-state index in [1.807, 2.05) is 36.4 Å². The van der Waals surface area contributed by atoms with Crippen LogP contribution >= 0.6 is 0 Å². The molecule has 5 nitrogen and oxygen atoms in total. The van der Waals surface area contributed by atoms with Gasteiger partial charge in [-0.3, -0.25) is 14.7 Å². The summed E-state index contributed by atoms with van der Waals surface area (Å²) in [6.07, 6.45) is 1.77. The van der Waals surface area contributed by atoms with Gasteiger partial charge >= 0.3 is 0 Å². The average Bonchev–Trinajstić information content (AvgIpc) is 2.81. The van der Waals surface area contributed by atoms with Gasteiger partial charge in [0.15, 0.2) is 0 Å². The van der Waals surface area contributed by atoms with Crippen LogP contribution in [0.1, 0.15) is 22.1 Å². The molecule has 1 amide bonds. The van der Waals surface area contributed by atoms with Gasteiger partial charge in [-0.2, -0.15) is 0 Å². The molecule has 0 bridgehead atoms. The molecule has 30 heavy (non-hydrogen) atoms. The van der Waals surface area contributed by atoms with E-state index in [0.29, 0.717) is 25.3 Å². The molecule has 2 aromatic carbocycles. The van der Waals surface area contributed by atoms with E-state index in [0.717, 1.165) is 29.9 Å². The van der Waals surface area contributed by atoms with Crippen LogP contribution in [-0.4, -0.2) is 48.6 Å². The van der Waals surface area contributed by atoms with Crippen LogP contribution in [0, 0.1) is 5.82 Å². The largest absolute Gasteiger partial charge is 0.379 e. The van der Waals surface area contributed by atoms with Crippen LogP contribution in [0.2, 0.25) is 0 Å². The molecule has 1 saturated heterocycles. The van der Waals surface area contributed by atoms with Gasteiger partial charge in [0.1, 0.15) is 5.82 Å². The highest BCUT2D eigenvalue weighted by Gasteiger charge is 2.24. The van der Waals surface area contributed by atoms with Crippen LogP contribution in [0.3, 0.4) is 0 Å². The highest BCUT2D eigenvalue weighted by molar-refractivity contribution is 5.95. The molecule has 1 atom stereocenters. The molecule has 1 fully saturated rings. The summed E-state index contributed by atoms with van der Waals surface area (Å²) in [5, 5.41) is 3.06. The Bertz CT molecular complexity index is 973. The number of aromatic nitrogens is 1. The van der Waals surface area contributed by atoms with Crippen LogP contribution in [0.15, 0.2) is 72.9 Å². The lowest BCUT2D eigenvalue weighted by molar-refractivity contribution is 0.0154. The third kappa shape index (κ3) is 4.90. The highest BCUT2D eigenvalue weighted by atomic mass is 19.1. The third-order valence-electron chi connectivity index (χ3n) is 5.27. The Morgan fingerprint density at radius 3 is 2.57 bits per heavy atom. The molecule has 2 heterocycles. The van der Waals surface area contributed by atoms with Crippen molar-refractivity contribution in [2.45, 2.75) is 6.04 Å². The second-order valence-corrected chi connectivity index (χ2v) is 7.22. The summed E-state index contributed by atoms with van der Waals surface area (Å²) in [6.45, 7) is 3.42. The van der Waals surface area contributed by atoms with E-state index in [1.165, 1.54) is 12.1 Å². The number of rotatable bonds is 6. The van der Waals surface area contributed by atoms with E-state index >= 15 is 0 Å². The van der Waals surface area contributed by atoms with Gasteiger partial charge < -0.3 is 10.1 Å². The smallest absolute Gasteiger partial charge is 0.251 e. The monoisotopic (exact) mass is 405 g/mol. The molecule has 1 aliphatic heterocycles. The second-order valence-electron chi connectivity index (χ2n) is 7.22. The molecule has 154 valence electrons. The van der Waals surface area contributed by atoms with Crippen molar-refractivity contribution in [2.24, 2.45) is 0 Å². The molecular weight excluding hydrogens is 381 g/mol. The normalized spacial score (nSPS) is 15.5. The number of hydrogen-bond acceptors (Lipinski definition) is 4. The fourth-order valence-electron chi connectivity index (χ4n) is 3.66. The predicted molar refractivity (Wildman–Crippen MR) is 114 cm³/mol. The van der Waals surface area contributed by atoms with Crippen molar-refractivity contribution in [3.63, 3.8) is 0 Å². The maximum atomic E-state index is 13.2. The van der Waals surface area contributed by atoms with E-state index in [2.05, 4.69) is 15.2 Å². The summed E-state index contributed by atoms with van der Waals surface area (Å²) in [5.74, 6) is -0.426. The summed E-state index contributed by atoms with van der Waals surface area (Å²) in [4.78, 5) is 19.7. The third-order valence-corrected chi connectivity index (χ3v) is 5.27. The van der Waals surface area contributed by atoms with Crippen LogP contribution in [0.4, 0.5) is 4.39 Å². The van der Waals surface area contributed by atoms with E-state index in [4.69, 9.17) is 4.74 Å². The lowest BCUT2D eigenvalue weighted by Crippen LogP contribution is -2.44. The number of hydrogen-bond donors (Lipinski definition) is 1. The maximum absolute atomic E-state index is 13.2. The van der Waals surface area contributed by atoms with Crippen molar-refractivity contribution in [1.82, 2.24) is 15.2 Å². The minimum Gasteiger partial charge on any atom is -0.379 e. The molecule has 0 radical (unpaired) electrons. The molecule has 1 N–H and O–H groups in total. The minimum absolute atomic E-state index is 0.0145. The summed E-state index contributed by atoms with van der Waals surface area (Å²) in [6, 6.07) is 19.4. The van der Waals surface area contributed by atoms with Crippen LogP contribution in [-0.2, 0) is 4.74 Å². The van der Waals surface area contributed by atoms with E-state index in [-0.39, 0.29) is 17.8 Å². The standard InChI is InChI=1S/C24H24FN3O2/c25-21-9-7-18(8-10-21)19-4-3-5-20(16-19)24(29)27-17-23(22-6-1-2-11-26-22)28-12-14-30-15-13-28/h1-11,16,23H,12-15,17H2,(H,27,29)/t23-/m1/s1. The molecule has 0 aliphatic carbocycles. The number of benzene rings is 2. The quantitative estimate of drug-likeness (QED) is 0.680. The number of halogens is 1. The molecule has 1 aliphatic rings. The number of amides is 1. The molecular formula is C24H24FN3O2. The molecule has 3 aromatic rings. The van der Waals surface area contributed by atoms with Crippen molar-refractivity contribution >= 4 is 5.91 Å². The molecule has 1 aromatic heterocycles. The van der Waals surface area contributed by atoms with E-state index in [9.17, 15) is 9.18 Å². The van der Waals surface area contributed by atoms with Crippen molar-refractivity contribution in [2.75, 3.05) is 32.8 Å². The predicted octanol–water partition coefficient (Wildman–Crippen LogP) is 3.69. The Balaban J connectivity index is 1.48. The summed E-state index contributed by atoms with van der Waals surface area (Å²) < 4.78 is 18.7. The highest BCUT2D eigenvalue weighted by Crippen LogP contribution is 2.22. The van der Waals surface area contributed by atoms with Gasteiger partial charge in [-0.25, -0.2) is 4.39 Å². The average molecular weight is 405 g/mol. The Labute approximate surface area is 175 Å². The lowest BCUT2D eigenvalue weighted by atomic mass is 10.0. The molecule has 4 rings (SSSR count). The Morgan fingerprint density at radius 2 is 1.83 bits per heavy atom. The van der Waals surface area contributed by atoms with Crippen LogP contribution in [0.5, 0.6) is 0 Å². The maximum Gasteiger partial charge on any atom is 0.251 e. The SMILES string of the molecule is O=C(NC[C@H](c1ccccn1)N1CCOCC1)c1cccc(-c2ccc(F)cc2)c1. The summed E-state index contributed by atoms with van der Waals surface area (Å²) in [5.41, 5.74) is 3.24.